The predicted octanol–water partition coefficient (Wildman–Crippen LogP) is 2.75. The number of anilines is 2. The van der Waals surface area contributed by atoms with E-state index in [-0.39, 0.29) is 17.9 Å². The average Bonchev–Trinajstić information content (AvgIpc) is 2.96. The Balaban J connectivity index is 2.18. The summed E-state index contributed by atoms with van der Waals surface area (Å²) in [5, 5.41) is 3.95. The number of carbonyl (C=O) groups excluding carboxylic acids is 1. The fraction of sp³-hybridized carbons (Fsp3) is 0.286. The minimum absolute atomic E-state index is 0.0722. The molecule has 0 atom stereocenters. The van der Waals surface area contributed by atoms with E-state index in [1.54, 1.807) is 17.8 Å². The number of hydrogen-bond donors (Lipinski definition) is 2. The molecule has 0 aliphatic heterocycles. The summed E-state index contributed by atoms with van der Waals surface area (Å²) in [6, 6.07) is 1.43. The Morgan fingerprint density at radius 3 is 2.58 bits per heavy atom. The number of carbonyl (C=O) groups is 1. The van der Waals surface area contributed by atoms with E-state index < -0.39 is 33.3 Å². The Bertz CT molecular complexity index is 824. The molecule has 1 heterocycles. The van der Waals surface area contributed by atoms with Gasteiger partial charge in [0.25, 0.3) is 0 Å². The molecule has 0 radical (unpaired) electrons. The Morgan fingerprint density at radius 2 is 1.96 bits per heavy atom. The molecule has 0 saturated carbocycles. The van der Waals surface area contributed by atoms with Crippen molar-refractivity contribution in [1.82, 2.24) is 4.98 Å². The van der Waals surface area contributed by atoms with Crippen LogP contribution in [0.5, 0.6) is 0 Å². The quantitative estimate of drug-likeness (QED) is 0.779. The maximum atomic E-state index is 13.8. The van der Waals surface area contributed by atoms with Gasteiger partial charge in [0.15, 0.2) is 0 Å². The van der Waals surface area contributed by atoms with Crippen molar-refractivity contribution in [3.8, 4) is 0 Å². The maximum Gasteiger partial charge on any atom is 0.232 e. The van der Waals surface area contributed by atoms with E-state index in [2.05, 4.69) is 10.3 Å². The molecule has 6 nitrogen and oxygen atoms in total. The molecule has 0 spiro atoms. The van der Waals surface area contributed by atoms with Crippen LogP contribution in [0.15, 0.2) is 23.0 Å². The standard InChI is InChI=1S/C14H15F2N3O3S2/c1-2-3-24(21,22)19-13-6-12(10(15)5-11(13)16)18-14(20)4-9-7-23-8-17-9/h5-8,19H,2-4H2,1H3,(H,18,20). The Morgan fingerprint density at radius 1 is 1.25 bits per heavy atom. The van der Waals surface area contributed by atoms with Gasteiger partial charge in [-0.2, -0.15) is 0 Å². The zero-order valence-corrected chi connectivity index (χ0v) is 14.3. The number of nitrogens with zero attached hydrogens (tertiary/aromatic N) is 1. The van der Waals surface area contributed by atoms with Gasteiger partial charge in [0.2, 0.25) is 15.9 Å². The number of halogens is 2. The molecule has 1 aromatic carbocycles. The number of amides is 1. The van der Waals surface area contributed by atoms with Gasteiger partial charge in [-0.1, -0.05) is 6.92 Å². The summed E-state index contributed by atoms with van der Waals surface area (Å²) >= 11 is 1.31. The van der Waals surface area contributed by atoms with Crippen molar-refractivity contribution in [3.63, 3.8) is 0 Å². The molecule has 0 fully saturated rings. The lowest BCUT2D eigenvalue weighted by Gasteiger charge is -2.11. The number of aromatic nitrogens is 1. The highest BCUT2D eigenvalue weighted by Gasteiger charge is 2.17. The van der Waals surface area contributed by atoms with E-state index in [4.69, 9.17) is 0 Å². The molecule has 0 saturated heterocycles. The lowest BCUT2D eigenvalue weighted by atomic mass is 10.2. The summed E-state index contributed by atoms with van der Waals surface area (Å²) in [5.41, 5.74) is 1.34. The van der Waals surface area contributed by atoms with Crippen molar-refractivity contribution in [2.45, 2.75) is 19.8 Å². The highest BCUT2D eigenvalue weighted by Crippen LogP contribution is 2.24. The first-order valence-electron chi connectivity index (χ1n) is 6.97. The SMILES string of the molecule is CCCS(=O)(=O)Nc1cc(NC(=O)Cc2cscn2)c(F)cc1F. The minimum atomic E-state index is -3.74. The van der Waals surface area contributed by atoms with E-state index in [0.717, 1.165) is 6.07 Å². The van der Waals surface area contributed by atoms with Gasteiger partial charge < -0.3 is 5.32 Å². The van der Waals surface area contributed by atoms with Gasteiger partial charge in [0.1, 0.15) is 11.6 Å². The molecule has 1 amide bonds. The summed E-state index contributed by atoms with van der Waals surface area (Å²) in [4.78, 5) is 15.8. The molecule has 0 aliphatic rings. The second-order valence-corrected chi connectivity index (χ2v) is 7.50. The van der Waals surface area contributed by atoms with E-state index in [1.807, 2.05) is 4.72 Å². The number of rotatable bonds is 7. The minimum Gasteiger partial charge on any atom is -0.323 e. The molecule has 2 aromatic rings. The van der Waals surface area contributed by atoms with Crippen molar-refractivity contribution in [2.75, 3.05) is 15.8 Å². The molecule has 0 unspecified atom stereocenters. The fourth-order valence-electron chi connectivity index (χ4n) is 1.89. The highest BCUT2D eigenvalue weighted by atomic mass is 32.2. The summed E-state index contributed by atoms with van der Waals surface area (Å²) in [6.45, 7) is 1.66. The second kappa shape index (κ2) is 7.67. The van der Waals surface area contributed by atoms with Gasteiger partial charge in [0.05, 0.1) is 34.8 Å². The first-order chi connectivity index (χ1) is 11.3. The molecular formula is C14H15F2N3O3S2. The van der Waals surface area contributed by atoms with Crippen LogP contribution in [0.3, 0.4) is 0 Å². The summed E-state index contributed by atoms with van der Waals surface area (Å²) in [6.07, 6.45) is 0.270. The molecule has 130 valence electrons. The summed E-state index contributed by atoms with van der Waals surface area (Å²) < 4.78 is 53.0. The third-order valence-corrected chi connectivity index (χ3v) is 5.01. The number of nitrogens with one attached hydrogen (secondary N) is 2. The predicted molar refractivity (Wildman–Crippen MR) is 88.5 cm³/mol. The van der Waals surface area contributed by atoms with Gasteiger partial charge >= 0.3 is 0 Å². The Hall–Kier alpha value is -2.07. The van der Waals surface area contributed by atoms with Gasteiger partial charge in [-0.15, -0.1) is 11.3 Å². The number of thiazole rings is 1. The summed E-state index contributed by atoms with van der Waals surface area (Å²) in [5.74, 6) is -2.81. The Labute approximate surface area is 142 Å². The molecule has 2 rings (SSSR count). The molecular weight excluding hydrogens is 360 g/mol. The van der Waals surface area contributed by atoms with Crippen molar-refractivity contribution in [2.24, 2.45) is 0 Å². The Kier molecular flexibility index (Phi) is 5.84. The number of hydrogen-bond acceptors (Lipinski definition) is 5. The van der Waals surface area contributed by atoms with Crippen LogP contribution in [0.1, 0.15) is 19.0 Å². The first-order valence-corrected chi connectivity index (χ1v) is 9.56. The van der Waals surface area contributed by atoms with E-state index in [9.17, 15) is 22.0 Å². The molecule has 0 bridgehead atoms. The van der Waals surface area contributed by atoms with Crippen molar-refractivity contribution >= 4 is 38.6 Å². The van der Waals surface area contributed by atoms with Crippen LogP contribution >= 0.6 is 11.3 Å². The van der Waals surface area contributed by atoms with Crippen LogP contribution in [-0.4, -0.2) is 25.1 Å². The molecule has 1 aromatic heterocycles. The van der Waals surface area contributed by atoms with Crippen molar-refractivity contribution in [1.29, 1.82) is 0 Å². The second-order valence-electron chi connectivity index (χ2n) is 4.94. The molecule has 10 heteroatoms. The monoisotopic (exact) mass is 375 g/mol. The van der Waals surface area contributed by atoms with Crippen LogP contribution < -0.4 is 10.0 Å². The topological polar surface area (TPSA) is 88.2 Å². The molecule has 0 aliphatic carbocycles. The van der Waals surface area contributed by atoms with Gasteiger partial charge in [-0.05, 0) is 12.5 Å². The highest BCUT2D eigenvalue weighted by molar-refractivity contribution is 7.92. The largest absolute Gasteiger partial charge is 0.323 e. The normalized spacial score (nSPS) is 11.3. The van der Waals surface area contributed by atoms with Gasteiger partial charge in [-0.25, -0.2) is 22.2 Å². The molecule has 2 N–H and O–H groups in total. The third kappa shape index (κ3) is 4.96. The number of benzene rings is 1. The van der Waals surface area contributed by atoms with Crippen LogP contribution in [0.4, 0.5) is 20.2 Å². The smallest absolute Gasteiger partial charge is 0.232 e. The van der Waals surface area contributed by atoms with Gasteiger partial charge in [0, 0.05) is 11.4 Å². The third-order valence-electron chi connectivity index (χ3n) is 2.89. The average molecular weight is 375 g/mol. The lowest BCUT2D eigenvalue weighted by molar-refractivity contribution is -0.115. The fourth-order valence-corrected chi connectivity index (χ4v) is 3.58. The van der Waals surface area contributed by atoms with Crippen LogP contribution in [-0.2, 0) is 21.2 Å². The van der Waals surface area contributed by atoms with Crippen LogP contribution in [0.2, 0.25) is 0 Å². The van der Waals surface area contributed by atoms with E-state index in [0.29, 0.717) is 18.2 Å². The van der Waals surface area contributed by atoms with Crippen molar-refractivity contribution < 1.29 is 22.0 Å². The van der Waals surface area contributed by atoms with Crippen LogP contribution in [0.25, 0.3) is 0 Å². The maximum absolute atomic E-state index is 13.8. The zero-order valence-electron chi connectivity index (χ0n) is 12.7. The molecule has 24 heavy (non-hydrogen) atoms. The van der Waals surface area contributed by atoms with Crippen molar-refractivity contribution in [3.05, 3.63) is 40.4 Å². The first kappa shape index (κ1) is 18.3. The van der Waals surface area contributed by atoms with E-state index >= 15 is 0 Å². The lowest BCUT2D eigenvalue weighted by Crippen LogP contribution is -2.19. The van der Waals surface area contributed by atoms with E-state index in [1.165, 1.54) is 11.3 Å². The summed E-state index contributed by atoms with van der Waals surface area (Å²) in [7, 11) is -3.74. The number of sulfonamides is 1. The zero-order chi connectivity index (χ0) is 17.7. The van der Waals surface area contributed by atoms with Gasteiger partial charge in [-0.3, -0.25) is 9.52 Å². The van der Waals surface area contributed by atoms with Crippen LogP contribution in [0, 0.1) is 11.6 Å².